The minimum Gasteiger partial charge on any atom is -0.496 e. The van der Waals surface area contributed by atoms with Gasteiger partial charge in [-0.05, 0) is 12.6 Å². The van der Waals surface area contributed by atoms with Crippen LogP contribution in [-0.4, -0.2) is 19.6 Å². The van der Waals surface area contributed by atoms with Crippen LogP contribution in [0.25, 0.3) is 0 Å². The van der Waals surface area contributed by atoms with Gasteiger partial charge in [-0.1, -0.05) is 25.1 Å². The molecule has 0 aliphatic carbocycles. The molecule has 0 heterocycles. The van der Waals surface area contributed by atoms with Gasteiger partial charge in [0.15, 0.2) is 0 Å². The largest absolute Gasteiger partial charge is 0.496 e. The van der Waals surface area contributed by atoms with Gasteiger partial charge >= 0.3 is 0 Å². The Kier molecular flexibility index (Phi) is 4.12. The molecule has 3 N–H and O–H groups in total. The van der Waals surface area contributed by atoms with Gasteiger partial charge < -0.3 is 15.8 Å². The predicted octanol–water partition coefficient (Wildman–Crippen LogP) is 0.831. The number of likely N-dealkylation sites (N-methyl/N-ethyl adjacent to an activating group) is 1. The van der Waals surface area contributed by atoms with Crippen molar-refractivity contribution in [1.29, 1.82) is 0 Å². The molecular weight excluding hydrogens is 192 g/mol. The van der Waals surface area contributed by atoms with Crippen LogP contribution in [0, 0.1) is 0 Å². The van der Waals surface area contributed by atoms with E-state index in [9.17, 15) is 4.79 Å². The number of hydrogen-bond donors (Lipinski definition) is 2. The molecule has 0 saturated heterocycles. The van der Waals surface area contributed by atoms with Gasteiger partial charge in [-0.3, -0.25) is 4.79 Å². The molecule has 1 aromatic carbocycles. The smallest absolute Gasteiger partial charge is 0.239 e. The number of hydrogen-bond acceptors (Lipinski definition) is 3. The van der Waals surface area contributed by atoms with E-state index in [1.54, 1.807) is 7.11 Å². The molecule has 0 bridgehead atoms. The normalized spacial score (nSPS) is 12.1. The number of para-hydroxylation sites is 1. The SMILES string of the molecule is CCNC(C(N)=O)c1ccccc1OC. The highest BCUT2D eigenvalue weighted by Crippen LogP contribution is 2.24. The summed E-state index contributed by atoms with van der Waals surface area (Å²) in [5.41, 5.74) is 6.09. The van der Waals surface area contributed by atoms with Gasteiger partial charge in [0.1, 0.15) is 11.8 Å². The number of carbonyl (C=O) groups excluding carboxylic acids is 1. The number of rotatable bonds is 5. The van der Waals surface area contributed by atoms with Crippen molar-refractivity contribution in [2.75, 3.05) is 13.7 Å². The molecule has 1 rings (SSSR count). The minimum atomic E-state index is -0.494. The highest BCUT2D eigenvalue weighted by atomic mass is 16.5. The molecule has 0 aromatic heterocycles. The summed E-state index contributed by atoms with van der Waals surface area (Å²) in [6.45, 7) is 2.59. The molecule has 0 radical (unpaired) electrons. The number of nitrogens with two attached hydrogens (primary N) is 1. The van der Waals surface area contributed by atoms with Gasteiger partial charge in [-0.2, -0.15) is 0 Å². The Labute approximate surface area is 89.4 Å². The average molecular weight is 208 g/mol. The summed E-state index contributed by atoms with van der Waals surface area (Å²) in [5, 5.41) is 3.02. The van der Waals surface area contributed by atoms with E-state index in [0.717, 1.165) is 5.56 Å². The second-order valence-corrected chi connectivity index (χ2v) is 3.14. The first-order chi connectivity index (χ1) is 7.20. The number of amides is 1. The Bertz CT molecular complexity index is 339. The summed E-state index contributed by atoms with van der Waals surface area (Å²) in [6, 6.07) is 6.85. The number of primary amides is 1. The fourth-order valence-corrected chi connectivity index (χ4v) is 1.47. The van der Waals surface area contributed by atoms with E-state index in [1.165, 1.54) is 0 Å². The number of benzene rings is 1. The molecule has 0 spiro atoms. The number of methoxy groups -OCH3 is 1. The Morgan fingerprint density at radius 3 is 2.73 bits per heavy atom. The molecule has 0 fully saturated rings. The van der Waals surface area contributed by atoms with E-state index in [4.69, 9.17) is 10.5 Å². The summed E-state index contributed by atoms with van der Waals surface area (Å²) in [6.07, 6.45) is 0. The molecule has 82 valence electrons. The lowest BCUT2D eigenvalue weighted by Gasteiger charge is -2.17. The van der Waals surface area contributed by atoms with Crippen LogP contribution in [0.3, 0.4) is 0 Å². The molecule has 4 heteroatoms. The lowest BCUT2D eigenvalue weighted by Crippen LogP contribution is -2.33. The quantitative estimate of drug-likeness (QED) is 0.753. The third-order valence-corrected chi connectivity index (χ3v) is 2.14. The van der Waals surface area contributed by atoms with Gasteiger partial charge in [0.05, 0.1) is 7.11 Å². The summed E-state index contributed by atoms with van der Waals surface area (Å²) in [5.74, 6) is 0.267. The van der Waals surface area contributed by atoms with Crippen LogP contribution >= 0.6 is 0 Å². The first kappa shape index (κ1) is 11.5. The maximum Gasteiger partial charge on any atom is 0.239 e. The molecular formula is C11H16N2O2. The van der Waals surface area contributed by atoms with Crippen LogP contribution in [0.1, 0.15) is 18.5 Å². The van der Waals surface area contributed by atoms with E-state index in [1.807, 2.05) is 31.2 Å². The molecule has 0 aliphatic rings. The Morgan fingerprint density at radius 2 is 2.20 bits per heavy atom. The van der Waals surface area contributed by atoms with Crippen LogP contribution in [-0.2, 0) is 4.79 Å². The maximum atomic E-state index is 11.3. The van der Waals surface area contributed by atoms with E-state index >= 15 is 0 Å². The number of ether oxygens (including phenoxy) is 1. The topological polar surface area (TPSA) is 64.3 Å². The van der Waals surface area contributed by atoms with Crippen molar-refractivity contribution in [2.24, 2.45) is 5.73 Å². The fraction of sp³-hybridized carbons (Fsp3) is 0.364. The highest BCUT2D eigenvalue weighted by molar-refractivity contribution is 5.82. The summed E-state index contributed by atoms with van der Waals surface area (Å²) in [4.78, 5) is 11.3. The molecule has 0 aliphatic heterocycles. The Hall–Kier alpha value is -1.55. The molecule has 0 saturated carbocycles. The fourth-order valence-electron chi connectivity index (χ4n) is 1.47. The van der Waals surface area contributed by atoms with E-state index in [2.05, 4.69) is 5.32 Å². The van der Waals surface area contributed by atoms with Gasteiger partial charge in [0.25, 0.3) is 0 Å². The van der Waals surface area contributed by atoms with Crippen LogP contribution in [0.4, 0.5) is 0 Å². The van der Waals surface area contributed by atoms with Crippen LogP contribution < -0.4 is 15.8 Å². The van der Waals surface area contributed by atoms with E-state index in [-0.39, 0.29) is 0 Å². The maximum absolute atomic E-state index is 11.3. The van der Waals surface area contributed by atoms with Gasteiger partial charge in [0.2, 0.25) is 5.91 Å². The standard InChI is InChI=1S/C11H16N2O2/c1-3-13-10(11(12)14)8-6-4-5-7-9(8)15-2/h4-7,10,13H,3H2,1-2H3,(H2,12,14). The third-order valence-electron chi connectivity index (χ3n) is 2.14. The van der Waals surface area contributed by atoms with Crippen LogP contribution in [0.5, 0.6) is 5.75 Å². The Morgan fingerprint density at radius 1 is 1.53 bits per heavy atom. The molecule has 15 heavy (non-hydrogen) atoms. The highest BCUT2D eigenvalue weighted by Gasteiger charge is 2.19. The van der Waals surface area contributed by atoms with E-state index in [0.29, 0.717) is 12.3 Å². The van der Waals surface area contributed by atoms with Crippen molar-refractivity contribution in [3.63, 3.8) is 0 Å². The molecule has 1 aromatic rings. The summed E-state index contributed by atoms with van der Waals surface area (Å²) in [7, 11) is 1.57. The lowest BCUT2D eigenvalue weighted by atomic mass is 10.1. The van der Waals surface area contributed by atoms with Gasteiger partial charge in [0, 0.05) is 5.56 Å². The van der Waals surface area contributed by atoms with Crippen molar-refractivity contribution in [3.05, 3.63) is 29.8 Å². The summed E-state index contributed by atoms with van der Waals surface area (Å²) < 4.78 is 5.18. The van der Waals surface area contributed by atoms with Gasteiger partial charge in [-0.25, -0.2) is 0 Å². The van der Waals surface area contributed by atoms with Crippen molar-refractivity contribution < 1.29 is 9.53 Å². The second-order valence-electron chi connectivity index (χ2n) is 3.14. The minimum absolute atomic E-state index is 0.402. The monoisotopic (exact) mass is 208 g/mol. The van der Waals surface area contributed by atoms with Gasteiger partial charge in [-0.15, -0.1) is 0 Å². The molecule has 1 amide bonds. The molecule has 1 unspecified atom stereocenters. The number of carbonyl (C=O) groups is 1. The lowest BCUT2D eigenvalue weighted by molar-refractivity contribution is -0.120. The van der Waals surface area contributed by atoms with Crippen molar-refractivity contribution in [2.45, 2.75) is 13.0 Å². The van der Waals surface area contributed by atoms with Crippen molar-refractivity contribution >= 4 is 5.91 Å². The van der Waals surface area contributed by atoms with Crippen molar-refractivity contribution in [1.82, 2.24) is 5.32 Å². The third kappa shape index (κ3) is 2.70. The summed E-state index contributed by atoms with van der Waals surface area (Å²) >= 11 is 0. The van der Waals surface area contributed by atoms with Crippen LogP contribution in [0.2, 0.25) is 0 Å². The van der Waals surface area contributed by atoms with E-state index < -0.39 is 11.9 Å². The average Bonchev–Trinajstić information content (AvgIpc) is 2.25. The van der Waals surface area contributed by atoms with Crippen molar-refractivity contribution in [3.8, 4) is 5.75 Å². The first-order valence-corrected chi connectivity index (χ1v) is 4.86. The molecule has 1 atom stereocenters. The first-order valence-electron chi connectivity index (χ1n) is 4.86. The Balaban J connectivity index is 3.04. The predicted molar refractivity (Wildman–Crippen MR) is 58.6 cm³/mol. The zero-order chi connectivity index (χ0) is 11.3. The second kappa shape index (κ2) is 5.36. The number of nitrogens with one attached hydrogen (secondary N) is 1. The zero-order valence-corrected chi connectivity index (χ0v) is 8.99. The zero-order valence-electron chi connectivity index (χ0n) is 8.99. The van der Waals surface area contributed by atoms with Crippen LogP contribution in [0.15, 0.2) is 24.3 Å². The molecule has 4 nitrogen and oxygen atoms in total.